The quantitative estimate of drug-likeness (QED) is 0.428. The molecule has 0 N–H and O–H groups in total. The fraction of sp³-hybridized carbons (Fsp3) is 0.333. The van der Waals surface area contributed by atoms with Gasteiger partial charge in [-0.25, -0.2) is 4.79 Å². The Morgan fingerprint density at radius 3 is 1.91 bits per heavy atom. The van der Waals surface area contributed by atoms with Gasteiger partial charge in [0.1, 0.15) is 11.4 Å². The van der Waals surface area contributed by atoms with Gasteiger partial charge in [0.2, 0.25) is 0 Å². The summed E-state index contributed by atoms with van der Waals surface area (Å²) in [5, 5.41) is -0.818. The van der Waals surface area contributed by atoms with Gasteiger partial charge < -0.3 is 9.64 Å². The standard InChI is InChI=1S/C21H17F6NO3S/c1-2-31-19(30)16-11-32-18(13-5-9-15(10-6-13)21(25,26)27)28(16)17(29)12-3-7-14(8-4-12)20(22,23)24/h3-10,16,18H,2,11H2,1H3. The number of thioether (sulfide) groups is 1. The summed E-state index contributed by atoms with van der Waals surface area (Å²) >= 11 is 1.15. The van der Waals surface area contributed by atoms with Crippen LogP contribution in [0.4, 0.5) is 26.3 Å². The van der Waals surface area contributed by atoms with Gasteiger partial charge in [-0.2, -0.15) is 26.3 Å². The molecule has 1 heterocycles. The Hall–Kier alpha value is -2.69. The number of alkyl halides is 6. The Kier molecular flexibility index (Phi) is 6.77. The number of hydrogen-bond donors (Lipinski definition) is 0. The summed E-state index contributed by atoms with van der Waals surface area (Å²) in [6.45, 7) is 1.63. The Bertz CT molecular complexity index is 973. The van der Waals surface area contributed by atoms with Crippen molar-refractivity contribution in [3.63, 3.8) is 0 Å². The first-order valence-corrected chi connectivity index (χ1v) is 10.4. The minimum atomic E-state index is -4.58. The molecule has 0 saturated carbocycles. The second kappa shape index (κ2) is 9.05. The molecule has 0 spiro atoms. The molecule has 2 unspecified atom stereocenters. The summed E-state index contributed by atoms with van der Waals surface area (Å²) in [5.74, 6) is -1.31. The van der Waals surface area contributed by atoms with Gasteiger partial charge >= 0.3 is 18.3 Å². The normalized spacial score (nSPS) is 19.2. The third kappa shape index (κ3) is 5.03. The monoisotopic (exact) mass is 477 g/mol. The molecule has 1 saturated heterocycles. The summed E-state index contributed by atoms with van der Waals surface area (Å²) in [7, 11) is 0. The Balaban J connectivity index is 1.95. The maximum absolute atomic E-state index is 13.2. The lowest BCUT2D eigenvalue weighted by Gasteiger charge is -2.29. The fourth-order valence-electron chi connectivity index (χ4n) is 3.22. The van der Waals surface area contributed by atoms with Gasteiger partial charge in [0, 0.05) is 11.3 Å². The van der Waals surface area contributed by atoms with E-state index in [1.165, 1.54) is 12.1 Å². The van der Waals surface area contributed by atoms with Crippen molar-refractivity contribution in [1.29, 1.82) is 0 Å². The zero-order valence-corrected chi connectivity index (χ0v) is 17.4. The van der Waals surface area contributed by atoms with Crippen LogP contribution < -0.4 is 0 Å². The molecule has 2 atom stereocenters. The van der Waals surface area contributed by atoms with Crippen molar-refractivity contribution >= 4 is 23.6 Å². The van der Waals surface area contributed by atoms with E-state index in [4.69, 9.17) is 4.74 Å². The van der Waals surface area contributed by atoms with E-state index in [0.717, 1.165) is 53.1 Å². The fourth-order valence-corrected chi connectivity index (χ4v) is 4.63. The highest BCUT2D eigenvalue weighted by atomic mass is 32.2. The van der Waals surface area contributed by atoms with Gasteiger partial charge in [0.15, 0.2) is 0 Å². The van der Waals surface area contributed by atoms with E-state index >= 15 is 0 Å². The van der Waals surface area contributed by atoms with E-state index in [0.29, 0.717) is 5.56 Å². The smallest absolute Gasteiger partial charge is 0.416 e. The molecule has 0 aliphatic carbocycles. The van der Waals surface area contributed by atoms with Crippen molar-refractivity contribution in [3.8, 4) is 0 Å². The molecule has 11 heteroatoms. The molecule has 4 nitrogen and oxygen atoms in total. The van der Waals surface area contributed by atoms with Crippen molar-refractivity contribution in [3.05, 3.63) is 70.8 Å². The zero-order chi connectivity index (χ0) is 23.7. The summed E-state index contributed by atoms with van der Waals surface area (Å²) in [4.78, 5) is 26.7. The van der Waals surface area contributed by atoms with Crippen molar-refractivity contribution < 1.29 is 40.7 Å². The van der Waals surface area contributed by atoms with Crippen LogP contribution in [0.1, 0.15) is 39.3 Å². The van der Waals surface area contributed by atoms with Crippen molar-refractivity contribution in [2.75, 3.05) is 12.4 Å². The molecule has 2 aromatic carbocycles. The predicted octanol–water partition coefficient (Wildman–Crippen LogP) is 5.54. The lowest BCUT2D eigenvalue weighted by atomic mass is 10.1. The van der Waals surface area contributed by atoms with Gasteiger partial charge in [-0.05, 0) is 48.9 Å². The molecule has 172 valence electrons. The van der Waals surface area contributed by atoms with Gasteiger partial charge in [-0.3, -0.25) is 4.79 Å². The number of nitrogens with zero attached hydrogens (tertiary/aromatic N) is 1. The van der Waals surface area contributed by atoms with Crippen LogP contribution in [-0.2, 0) is 21.9 Å². The molecule has 1 aliphatic rings. The molecule has 1 amide bonds. The molecule has 3 rings (SSSR count). The van der Waals surface area contributed by atoms with E-state index < -0.39 is 46.8 Å². The highest BCUT2D eigenvalue weighted by Gasteiger charge is 2.44. The van der Waals surface area contributed by atoms with Crippen molar-refractivity contribution in [2.45, 2.75) is 30.7 Å². The molecular formula is C21H17F6NO3S. The van der Waals surface area contributed by atoms with E-state index in [1.54, 1.807) is 6.92 Å². The Morgan fingerprint density at radius 1 is 0.938 bits per heavy atom. The van der Waals surface area contributed by atoms with E-state index in [1.807, 2.05) is 0 Å². The number of amides is 1. The minimum Gasteiger partial charge on any atom is -0.464 e. The molecule has 2 aromatic rings. The second-order valence-corrected chi connectivity index (χ2v) is 7.97. The third-order valence-corrected chi connectivity index (χ3v) is 6.10. The van der Waals surface area contributed by atoms with Gasteiger partial charge in [-0.1, -0.05) is 12.1 Å². The number of rotatable bonds is 4. The number of hydrogen-bond acceptors (Lipinski definition) is 4. The zero-order valence-electron chi connectivity index (χ0n) is 16.5. The Morgan fingerprint density at radius 2 is 1.44 bits per heavy atom. The number of ether oxygens (including phenoxy) is 1. The number of benzene rings is 2. The molecule has 32 heavy (non-hydrogen) atoms. The highest BCUT2D eigenvalue weighted by Crippen LogP contribution is 2.43. The van der Waals surface area contributed by atoms with Crippen LogP contribution in [0.25, 0.3) is 0 Å². The summed E-state index contributed by atoms with van der Waals surface area (Å²) in [6, 6.07) is 6.62. The largest absolute Gasteiger partial charge is 0.464 e. The molecule has 0 aromatic heterocycles. The van der Waals surface area contributed by atoms with E-state index in [2.05, 4.69) is 0 Å². The lowest BCUT2D eigenvalue weighted by molar-refractivity contribution is -0.147. The van der Waals surface area contributed by atoms with Crippen LogP contribution in [0.15, 0.2) is 48.5 Å². The molecular weight excluding hydrogens is 460 g/mol. The first kappa shape index (κ1) is 24.0. The third-order valence-electron chi connectivity index (χ3n) is 4.78. The predicted molar refractivity (Wildman–Crippen MR) is 105 cm³/mol. The Labute approximate surface area is 183 Å². The molecule has 1 aliphatic heterocycles. The second-order valence-electron chi connectivity index (χ2n) is 6.86. The molecule has 0 radical (unpaired) electrons. The number of esters is 1. The average Bonchev–Trinajstić information content (AvgIpc) is 3.17. The average molecular weight is 477 g/mol. The SMILES string of the molecule is CCOC(=O)C1CSC(c2ccc(C(F)(F)F)cc2)N1C(=O)c1ccc(C(F)(F)F)cc1. The first-order chi connectivity index (χ1) is 14.9. The van der Waals surface area contributed by atoms with Crippen molar-refractivity contribution in [2.24, 2.45) is 0 Å². The van der Waals surface area contributed by atoms with Crippen LogP contribution in [0, 0.1) is 0 Å². The number of carbonyl (C=O) groups is 2. The van der Waals surface area contributed by atoms with Crippen LogP contribution in [0.5, 0.6) is 0 Å². The lowest BCUT2D eigenvalue weighted by Crippen LogP contribution is -2.43. The van der Waals surface area contributed by atoms with Crippen LogP contribution in [0.2, 0.25) is 0 Å². The summed E-state index contributed by atoms with van der Waals surface area (Å²) in [5.41, 5.74) is -1.56. The van der Waals surface area contributed by atoms with Crippen LogP contribution >= 0.6 is 11.8 Å². The maximum Gasteiger partial charge on any atom is 0.416 e. The van der Waals surface area contributed by atoms with E-state index in [9.17, 15) is 35.9 Å². The van der Waals surface area contributed by atoms with Gasteiger partial charge in [0.25, 0.3) is 5.91 Å². The minimum absolute atomic E-state index is 0.0489. The number of carbonyl (C=O) groups excluding carboxylic acids is 2. The van der Waals surface area contributed by atoms with E-state index in [-0.39, 0.29) is 17.9 Å². The summed E-state index contributed by atoms with van der Waals surface area (Å²) < 4.78 is 82.2. The summed E-state index contributed by atoms with van der Waals surface area (Å²) in [6.07, 6.45) is -9.12. The van der Waals surface area contributed by atoms with Crippen molar-refractivity contribution in [1.82, 2.24) is 4.90 Å². The topological polar surface area (TPSA) is 46.6 Å². The van der Waals surface area contributed by atoms with Gasteiger partial charge in [-0.15, -0.1) is 11.8 Å². The van der Waals surface area contributed by atoms with Crippen LogP contribution in [-0.4, -0.2) is 35.2 Å². The van der Waals surface area contributed by atoms with Gasteiger partial charge in [0.05, 0.1) is 17.7 Å². The highest BCUT2D eigenvalue weighted by molar-refractivity contribution is 7.99. The maximum atomic E-state index is 13.2. The molecule has 0 bridgehead atoms. The first-order valence-electron chi connectivity index (χ1n) is 9.38. The van der Waals surface area contributed by atoms with Crippen LogP contribution in [0.3, 0.4) is 0 Å². The molecule has 1 fully saturated rings. The number of halogens is 6.